The Hall–Kier alpha value is -2.59. The molecule has 1 saturated carbocycles. The van der Waals surface area contributed by atoms with E-state index in [2.05, 4.69) is 14.9 Å². The van der Waals surface area contributed by atoms with Crippen LogP contribution in [0.4, 0.5) is 5.69 Å². The highest BCUT2D eigenvalue weighted by Gasteiger charge is 2.44. The number of aromatic amines is 1. The average molecular weight is 340 g/mol. The highest BCUT2D eigenvalue weighted by molar-refractivity contribution is 5.91. The van der Waals surface area contributed by atoms with Gasteiger partial charge in [0, 0.05) is 19.2 Å². The van der Waals surface area contributed by atoms with Crippen LogP contribution in [0.15, 0.2) is 16.9 Å². The van der Waals surface area contributed by atoms with Crippen LogP contribution in [0.5, 0.6) is 5.88 Å². The Balaban J connectivity index is 1.80. The molecule has 4 rings (SSSR count). The number of aromatic nitrogens is 2. The van der Waals surface area contributed by atoms with Gasteiger partial charge in [-0.05, 0) is 37.2 Å². The maximum Gasteiger partial charge on any atom is 0.268 e. The lowest BCUT2D eigenvalue weighted by molar-refractivity contribution is 0.197. The van der Waals surface area contributed by atoms with E-state index in [-0.39, 0.29) is 24.3 Å². The molecule has 0 amide bonds. The Labute approximate surface area is 144 Å². The van der Waals surface area contributed by atoms with Gasteiger partial charge in [-0.15, -0.1) is 0 Å². The largest absolute Gasteiger partial charge is 0.475 e. The number of rotatable bonds is 4. The van der Waals surface area contributed by atoms with Crippen molar-refractivity contribution in [3.05, 3.63) is 28.0 Å². The van der Waals surface area contributed by atoms with Crippen LogP contribution in [0.2, 0.25) is 0 Å². The van der Waals surface area contributed by atoms with Crippen LogP contribution in [-0.2, 0) is 0 Å². The number of ether oxygens (including phenoxy) is 1. The predicted octanol–water partition coefficient (Wildman–Crippen LogP) is 1.55. The van der Waals surface area contributed by atoms with Crippen LogP contribution in [0.1, 0.15) is 31.2 Å². The molecule has 130 valence electrons. The minimum absolute atomic E-state index is 0.101. The Morgan fingerprint density at radius 1 is 1.32 bits per heavy atom. The van der Waals surface area contributed by atoms with Gasteiger partial charge in [0.05, 0.1) is 17.8 Å². The summed E-state index contributed by atoms with van der Waals surface area (Å²) in [5.41, 5.74) is 1.98. The average Bonchev–Trinajstić information content (AvgIpc) is 3.39. The smallest absolute Gasteiger partial charge is 0.268 e. The second-order valence-corrected chi connectivity index (χ2v) is 6.89. The number of nitrogens with one attached hydrogen (secondary N) is 1. The number of hydrogen-bond acceptors (Lipinski definition) is 6. The van der Waals surface area contributed by atoms with Gasteiger partial charge in [0.1, 0.15) is 23.8 Å². The van der Waals surface area contributed by atoms with Gasteiger partial charge in [0.15, 0.2) is 0 Å². The first-order valence-corrected chi connectivity index (χ1v) is 8.61. The minimum atomic E-state index is -0.387. The van der Waals surface area contributed by atoms with E-state index in [9.17, 15) is 10.1 Å². The fourth-order valence-corrected chi connectivity index (χ4v) is 3.66. The lowest BCUT2D eigenvalue weighted by atomic mass is 9.93. The molecule has 0 aromatic carbocycles. The second-order valence-electron chi connectivity index (χ2n) is 6.89. The molecular formula is C18H20N4O3. The fraction of sp³-hybridized carbons (Fsp3) is 0.500. The SMILES string of the molecule is N#Cc1c(N2CCC3(CC2)CC3)c2nc(OCCO)ccc2[nH]c1=O. The third-order valence-corrected chi connectivity index (χ3v) is 5.36. The van der Waals surface area contributed by atoms with Crippen molar-refractivity contribution < 1.29 is 9.84 Å². The Morgan fingerprint density at radius 2 is 2.08 bits per heavy atom. The summed E-state index contributed by atoms with van der Waals surface area (Å²) in [7, 11) is 0. The highest BCUT2D eigenvalue weighted by Crippen LogP contribution is 2.54. The standard InChI is InChI=1S/C18H20N4O3/c19-11-12-16(22-7-5-18(3-4-18)6-8-22)15-13(20-17(12)24)1-2-14(21-15)25-10-9-23/h1-2,23H,3-10H2,(H,20,24). The molecular weight excluding hydrogens is 320 g/mol. The number of aliphatic hydroxyl groups excluding tert-OH is 1. The van der Waals surface area contributed by atoms with E-state index in [0.717, 1.165) is 25.9 Å². The van der Waals surface area contributed by atoms with Crippen molar-refractivity contribution in [2.24, 2.45) is 5.41 Å². The lowest BCUT2D eigenvalue weighted by Crippen LogP contribution is -2.36. The van der Waals surface area contributed by atoms with Crippen molar-refractivity contribution in [3.63, 3.8) is 0 Å². The zero-order valence-electron chi connectivity index (χ0n) is 13.9. The van der Waals surface area contributed by atoms with Crippen molar-refractivity contribution in [2.45, 2.75) is 25.7 Å². The third-order valence-electron chi connectivity index (χ3n) is 5.36. The van der Waals surface area contributed by atoms with E-state index < -0.39 is 0 Å². The van der Waals surface area contributed by atoms with Gasteiger partial charge in [-0.1, -0.05) is 0 Å². The molecule has 1 spiro atoms. The summed E-state index contributed by atoms with van der Waals surface area (Å²) in [6.07, 6.45) is 4.76. The Morgan fingerprint density at radius 3 is 2.72 bits per heavy atom. The lowest BCUT2D eigenvalue weighted by Gasteiger charge is -2.34. The Kier molecular flexibility index (Phi) is 3.85. The minimum Gasteiger partial charge on any atom is -0.475 e. The first-order valence-electron chi connectivity index (χ1n) is 8.61. The molecule has 2 aromatic rings. The number of nitriles is 1. The highest BCUT2D eigenvalue weighted by atomic mass is 16.5. The molecule has 2 N–H and O–H groups in total. The maximum absolute atomic E-state index is 12.3. The van der Waals surface area contributed by atoms with Gasteiger partial charge in [-0.2, -0.15) is 5.26 Å². The van der Waals surface area contributed by atoms with Gasteiger partial charge in [-0.3, -0.25) is 4.79 Å². The van der Waals surface area contributed by atoms with Gasteiger partial charge in [0.2, 0.25) is 5.88 Å². The number of hydrogen-bond donors (Lipinski definition) is 2. The van der Waals surface area contributed by atoms with E-state index in [1.807, 2.05) is 6.07 Å². The van der Waals surface area contributed by atoms with Crippen molar-refractivity contribution >= 4 is 16.7 Å². The number of H-pyrrole nitrogens is 1. The monoisotopic (exact) mass is 340 g/mol. The first-order chi connectivity index (χ1) is 12.2. The molecule has 1 aliphatic carbocycles. The van der Waals surface area contributed by atoms with Crippen LogP contribution in [0, 0.1) is 16.7 Å². The zero-order valence-corrected chi connectivity index (χ0v) is 13.9. The summed E-state index contributed by atoms with van der Waals surface area (Å²) in [4.78, 5) is 21.7. The van der Waals surface area contributed by atoms with Gasteiger partial charge >= 0.3 is 0 Å². The zero-order chi connectivity index (χ0) is 17.4. The van der Waals surface area contributed by atoms with Gasteiger partial charge < -0.3 is 19.7 Å². The van der Waals surface area contributed by atoms with E-state index in [1.54, 1.807) is 12.1 Å². The van der Waals surface area contributed by atoms with Crippen LogP contribution in [0.25, 0.3) is 11.0 Å². The summed E-state index contributed by atoms with van der Waals surface area (Å²) in [5, 5.41) is 18.4. The molecule has 3 heterocycles. The number of anilines is 1. The number of pyridine rings is 2. The molecule has 0 unspecified atom stereocenters. The molecule has 2 fully saturated rings. The normalized spacial score (nSPS) is 18.3. The molecule has 0 atom stereocenters. The van der Waals surface area contributed by atoms with Crippen LogP contribution in [0.3, 0.4) is 0 Å². The summed E-state index contributed by atoms with van der Waals surface area (Å²) in [6.45, 7) is 1.71. The Bertz CT molecular complexity index is 901. The molecule has 2 aromatic heterocycles. The maximum atomic E-state index is 12.3. The van der Waals surface area contributed by atoms with Gasteiger partial charge in [-0.25, -0.2) is 4.98 Å². The molecule has 0 bridgehead atoms. The summed E-state index contributed by atoms with van der Waals surface area (Å²) < 4.78 is 5.40. The molecule has 7 heteroatoms. The second kappa shape index (κ2) is 6.05. The van der Waals surface area contributed by atoms with E-state index in [4.69, 9.17) is 9.84 Å². The molecule has 0 radical (unpaired) electrons. The molecule has 1 aliphatic heterocycles. The van der Waals surface area contributed by atoms with Crippen molar-refractivity contribution in [3.8, 4) is 11.9 Å². The first kappa shape index (κ1) is 15.9. The summed E-state index contributed by atoms with van der Waals surface area (Å²) in [5.74, 6) is 0.370. The van der Waals surface area contributed by atoms with Gasteiger partial charge in [0.25, 0.3) is 5.56 Å². The quantitative estimate of drug-likeness (QED) is 0.875. The van der Waals surface area contributed by atoms with Crippen molar-refractivity contribution in [2.75, 3.05) is 31.2 Å². The number of aliphatic hydroxyl groups is 1. The van der Waals surface area contributed by atoms with Crippen LogP contribution in [-0.4, -0.2) is 41.4 Å². The third kappa shape index (κ3) is 2.83. The summed E-state index contributed by atoms with van der Waals surface area (Å²) >= 11 is 0. The fourth-order valence-electron chi connectivity index (χ4n) is 3.66. The number of piperidine rings is 1. The molecule has 25 heavy (non-hydrogen) atoms. The molecule has 7 nitrogen and oxygen atoms in total. The van der Waals surface area contributed by atoms with Crippen molar-refractivity contribution in [1.82, 2.24) is 9.97 Å². The number of fused-ring (bicyclic) bond motifs is 1. The molecule has 2 aliphatic rings. The van der Waals surface area contributed by atoms with Crippen LogP contribution >= 0.6 is 0 Å². The summed E-state index contributed by atoms with van der Waals surface area (Å²) in [6, 6.07) is 5.43. The van der Waals surface area contributed by atoms with Crippen LogP contribution < -0.4 is 15.2 Å². The van der Waals surface area contributed by atoms with E-state index in [0.29, 0.717) is 28.0 Å². The number of nitrogens with zero attached hydrogens (tertiary/aromatic N) is 3. The van der Waals surface area contributed by atoms with Crippen molar-refractivity contribution in [1.29, 1.82) is 5.26 Å². The van der Waals surface area contributed by atoms with E-state index >= 15 is 0 Å². The molecule has 1 saturated heterocycles. The van der Waals surface area contributed by atoms with E-state index in [1.165, 1.54) is 12.8 Å². The predicted molar refractivity (Wildman–Crippen MR) is 92.8 cm³/mol. The topological polar surface area (TPSA) is 102 Å².